The van der Waals surface area contributed by atoms with Crippen molar-refractivity contribution in [3.8, 4) is 0 Å². The molecule has 0 unspecified atom stereocenters. The summed E-state index contributed by atoms with van der Waals surface area (Å²) in [5, 5.41) is 2.59. The number of rotatable bonds is 5. The fourth-order valence-corrected chi connectivity index (χ4v) is 3.11. The Labute approximate surface area is 143 Å². The summed E-state index contributed by atoms with van der Waals surface area (Å²) in [6.07, 6.45) is 1.38. The lowest BCUT2D eigenvalue weighted by atomic mass is 10.3. The molecule has 1 amide bonds. The van der Waals surface area contributed by atoms with Crippen LogP contribution in [-0.4, -0.2) is 14.3 Å². The molecule has 8 heteroatoms. The molecule has 25 heavy (non-hydrogen) atoms. The summed E-state index contributed by atoms with van der Waals surface area (Å²) in [5.41, 5.74) is 0.665. The molecule has 0 bridgehead atoms. The Morgan fingerprint density at radius 2 is 1.56 bits per heavy atom. The van der Waals surface area contributed by atoms with Crippen molar-refractivity contribution in [2.45, 2.75) is 4.90 Å². The molecule has 2 aromatic carbocycles. The SMILES string of the molecule is O=C(Nc1ccc(S(=O)(=O)Nc2ccc(F)cc2)cc1)c1ccco1. The maximum absolute atomic E-state index is 12.9. The third-order valence-electron chi connectivity index (χ3n) is 3.26. The Kier molecular flexibility index (Phi) is 4.53. The molecule has 0 saturated carbocycles. The van der Waals surface area contributed by atoms with Crippen LogP contribution in [0.3, 0.4) is 0 Å². The van der Waals surface area contributed by atoms with E-state index in [0.717, 1.165) is 12.1 Å². The summed E-state index contributed by atoms with van der Waals surface area (Å²) in [6, 6.07) is 13.7. The van der Waals surface area contributed by atoms with Crippen LogP contribution in [0.1, 0.15) is 10.6 Å². The number of benzene rings is 2. The number of halogens is 1. The van der Waals surface area contributed by atoms with Gasteiger partial charge in [0.25, 0.3) is 15.9 Å². The predicted molar refractivity (Wildman–Crippen MR) is 90.3 cm³/mol. The standard InChI is InChI=1S/C17H13FN2O4S/c18-12-3-5-14(6-4-12)20-25(22,23)15-9-7-13(8-10-15)19-17(21)16-2-1-11-24-16/h1-11,20H,(H,19,21). The zero-order valence-corrected chi connectivity index (χ0v) is 13.6. The summed E-state index contributed by atoms with van der Waals surface area (Å²) in [5.74, 6) is -0.751. The molecule has 128 valence electrons. The van der Waals surface area contributed by atoms with Gasteiger partial charge in [-0.25, -0.2) is 12.8 Å². The second-order valence-corrected chi connectivity index (χ2v) is 6.75. The topological polar surface area (TPSA) is 88.4 Å². The van der Waals surface area contributed by atoms with Crippen molar-refractivity contribution >= 4 is 27.3 Å². The first-order valence-electron chi connectivity index (χ1n) is 7.17. The lowest BCUT2D eigenvalue weighted by Crippen LogP contribution is -2.14. The predicted octanol–water partition coefficient (Wildman–Crippen LogP) is 3.47. The van der Waals surface area contributed by atoms with Crippen molar-refractivity contribution in [2.24, 2.45) is 0 Å². The third kappa shape index (κ3) is 4.04. The number of nitrogens with one attached hydrogen (secondary N) is 2. The van der Waals surface area contributed by atoms with E-state index in [1.54, 1.807) is 6.07 Å². The lowest BCUT2D eigenvalue weighted by molar-refractivity contribution is 0.0996. The Morgan fingerprint density at radius 3 is 2.16 bits per heavy atom. The highest BCUT2D eigenvalue weighted by atomic mass is 32.2. The van der Waals surface area contributed by atoms with E-state index in [2.05, 4.69) is 10.0 Å². The molecule has 0 radical (unpaired) electrons. The molecule has 3 aromatic rings. The number of amides is 1. The fourth-order valence-electron chi connectivity index (χ4n) is 2.05. The molecule has 0 aliphatic heterocycles. The van der Waals surface area contributed by atoms with Gasteiger partial charge < -0.3 is 9.73 Å². The van der Waals surface area contributed by atoms with Crippen molar-refractivity contribution in [1.82, 2.24) is 0 Å². The Bertz CT molecular complexity index is 967. The molecule has 0 atom stereocenters. The molecule has 1 heterocycles. The monoisotopic (exact) mass is 360 g/mol. The number of furan rings is 1. The van der Waals surface area contributed by atoms with E-state index < -0.39 is 21.7 Å². The second kappa shape index (κ2) is 6.78. The number of hydrogen-bond acceptors (Lipinski definition) is 4. The Hall–Kier alpha value is -3.13. The number of hydrogen-bond donors (Lipinski definition) is 2. The van der Waals surface area contributed by atoms with Gasteiger partial charge >= 0.3 is 0 Å². The summed E-state index contributed by atoms with van der Waals surface area (Å²) in [7, 11) is -3.82. The van der Waals surface area contributed by atoms with Crippen LogP contribution in [0.4, 0.5) is 15.8 Å². The van der Waals surface area contributed by atoms with Crippen LogP contribution in [0, 0.1) is 5.82 Å². The molecular weight excluding hydrogens is 347 g/mol. The van der Waals surface area contributed by atoms with Crippen molar-refractivity contribution in [2.75, 3.05) is 10.0 Å². The molecule has 0 saturated heterocycles. The summed E-state index contributed by atoms with van der Waals surface area (Å²) >= 11 is 0. The maximum atomic E-state index is 12.9. The quantitative estimate of drug-likeness (QED) is 0.729. The molecule has 6 nitrogen and oxygen atoms in total. The summed E-state index contributed by atoms with van der Waals surface area (Å²) in [4.78, 5) is 11.9. The highest BCUT2D eigenvalue weighted by Gasteiger charge is 2.15. The van der Waals surface area contributed by atoms with Gasteiger partial charge in [0.15, 0.2) is 5.76 Å². The van der Waals surface area contributed by atoms with Gasteiger partial charge in [0, 0.05) is 11.4 Å². The van der Waals surface area contributed by atoms with Crippen LogP contribution in [-0.2, 0) is 10.0 Å². The first-order chi connectivity index (χ1) is 11.9. The van der Waals surface area contributed by atoms with Gasteiger partial charge in [0.1, 0.15) is 5.82 Å². The van der Waals surface area contributed by atoms with Gasteiger partial charge in [-0.3, -0.25) is 9.52 Å². The molecule has 0 aliphatic rings. The van der Waals surface area contributed by atoms with Gasteiger partial charge in [-0.2, -0.15) is 0 Å². The van der Waals surface area contributed by atoms with Crippen LogP contribution in [0.15, 0.2) is 76.2 Å². The minimum Gasteiger partial charge on any atom is -0.459 e. The van der Waals surface area contributed by atoms with E-state index in [1.807, 2.05) is 0 Å². The third-order valence-corrected chi connectivity index (χ3v) is 4.66. The van der Waals surface area contributed by atoms with E-state index >= 15 is 0 Å². The van der Waals surface area contributed by atoms with Gasteiger partial charge in [-0.05, 0) is 60.7 Å². The van der Waals surface area contributed by atoms with E-state index in [9.17, 15) is 17.6 Å². The average molecular weight is 360 g/mol. The minimum atomic E-state index is -3.82. The Balaban J connectivity index is 1.72. The van der Waals surface area contributed by atoms with Gasteiger partial charge in [0.05, 0.1) is 11.2 Å². The van der Waals surface area contributed by atoms with E-state index in [1.165, 1.54) is 48.7 Å². The van der Waals surface area contributed by atoms with Crippen LogP contribution in [0.2, 0.25) is 0 Å². The van der Waals surface area contributed by atoms with Gasteiger partial charge in [-0.15, -0.1) is 0 Å². The average Bonchev–Trinajstić information content (AvgIpc) is 3.12. The molecule has 2 N–H and O–H groups in total. The highest BCUT2D eigenvalue weighted by Crippen LogP contribution is 2.19. The number of sulfonamides is 1. The molecule has 0 fully saturated rings. The maximum Gasteiger partial charge on any atom is 0.291 e. The van der Waals surface area contributed by atoms with Crippen LogP contribution in [0.5, 0.6) is 0 Å². The van der Waals surface area contributed by atoms with Gasteiger partial charge in [0.2, 0.25) is 0 Å². The van der Waals surface area contributed by atoms with Crippen molar-refractivity contribution < 1.29 is 22.0 Å². The van der Waals surface area contributed by atoms with Gasteiger partial charge in [-0.1, -0.05) is 0 Å². The summed E-state index contributed by atoms with van der Waals surface area (Å²) in [6.45, 7) is 0. The largest absolute Gasteiger partial charge is 0.459 e. The van der Waals surface area contributed by atoms with E-state index in [-0.39, 0.29) is 16.3 Å². The Morgan fingerprint density at radius 1 is 0.920 bits per heavy atom. The van der Waals surface area contributed by atoms with Crippen molar-refractivity contribution in [3.63, 3.8) is 0 Å². The number of carbonyl (C=O) groups excluding carboxylic acids is 1. The van der Waals surface area contributed by atoms with E-state index in [0.29, 0.717) is 5.69 Å². The lowest BCUT2D eigenvalue weighted by Gasteiger charge is -2.09. The second-order valence-electron chi connectivity index (χ2n) is 5.07. The first-order valence-corrected chi connectivity index (χ1v) is 8.66. The van der Waals surface area contributed by atoms with Crippen LogP contribution >= 0.6 is 0 Å². The van der Waals surface area contributed by atoms with E-state index in [4.69, 9.17) is 4.42 Å². The first kappa shape index (κ1) is 16.7. The molecule has 0 aliphatic carbocycles. The highest BCUT2D eigenvalue weighted by molar-refractivity contribution is 7.92. The minimum absolute atomic E-state index is 0.00724. The zero-order chi connectivity index (χ0) is 17.9. The fraction of sp³-hybridized carbons (Fsp3) is 0. The molecule has 1 aromatic heterocycles. The summed E-state index contributed by atoms with van der Waals surface area (Å²) < 4.78 is 44.8. The van der Waals surface area contributed by atoms with Crippen LogP contribution < -0.4 is 10.0 Å². The normalized spacial score (nSPS) is 11.1. The van der Waals surface area contributed by atoms with Crippen LogP contribution in [0.25, 0.3) is 0 Å². The molecule has 3 rings (SSSR count). The number of carbonyl (C=O) groups is 1. The zero-order valence-electron chi connectivity index (χ0n) is 12.8. The molecule has 0 spiro atoms. The van der Waals surface area contributed by atoms with Crippen molar-refractivity contribution in [3.05, 3.63) is 78.5 Å². The molecular formula is C17H13FN2O4S. The smallest absolute Gasteiger partial charge is 0.291 e. The van der Waals surface area contributed by atoms with Crippen molar-refractivity contribution in [1.29, 1.82) is 0 Å². The number of anilines is 2.